The van der Waals surface area contributed by atoms with E-state index in [0.29, 0.717) is 12.1 Å². The molecule has 2 aromatic rings. The molecule has 0 amide bonds. The number of likely N-dealkylation sites (tertiary alicyclic amines) is 2. The number of piperidine rings is 2. The molecule has 216 valence electrons. The SMILES string of the molecule is CC1CCCN(C(CCCc2ccccc2)CCOCCC(CCCc2ccccc2)N2CCCC(C)C2)C1. The van der Waals surface area contributed by atoms with Crippen LogP contribution in [-0.2, 0) is 17.6 Å². The monoisotopic (exact) mass is 532 g/mol. The first kappa shape index (κ1) is 30.3. The standard InChI is InChI=1S/C36H56N2O/c1-31-13-11-25-37(29-31)35(21-9-19-33-15-5-3-6-16-33)23-27-39-28-24-36(38-26-12-14-32(2)30-38)22-10-20-34-17-7-4-8-18-34/h3-8,15-18,31-32,35-36H,9-14,19-30H2,1-2H3. The summed E-state index contributed by atoms with van der Waals surface area (Å²) >= 11 is 0. The van der Waals surface area contributed by atoms with Gasteiger partial charge in [-0.25, -0.2) is 0 Å². The lowest BCUT2D eigenvalue weighted by Crippen LogP contribution is -2.43. The molecule has 39 heavy (non-hydrogen) atoms. The second kappa shape index (κ2) is 17.2. The van der Waals surface area contributed by atoms with Crippen LogP contribution in [-0.4, -0.2) is 61.3 Å². The second-order valence-electron chi connectivity index (χ2n) is 12.7. The minimum absolute atomic E-state index is 0.668. The Hall–Kier alpha value is -1.68. The van der Waals surface area contributed by atoms with Crippen LogP contribution in [0.25, 0.3) is 0 Å². The average molecular weight is 533 g/mol. The highest BCUT2D eigenvalue weighted by molar-refractivity contribution is 5.15. The average Bonchev–Trinajstić information content (AvgIpc) is 2.96. The fourth-order valence-electron chi connectivity index (χ4n) is 7.05. The summed E-state index contributed by atoms with van der Waals surface area (Å²) in [5.41, 5.74) is 2.95. The molecule has 3 heteroatoms. The van der Waals surface area contributed by atoms with Gasteiger partial charge in [0.2, 0.25) is 0 Å². The summed E-state index contributed by atoms with van der Waals surface area (Å²) in [6.45, 7) is 11.8. The van der Waals surface area contributed by atoms with Crippen molar-refractivity contribution in [1.82, 2.24) is 9.80 Å². The van der Waals surface area contributed by atoms with Gasteiger partial charge in [-0.1, -0.05) is 74.5 Å². The van der Waals surface area contributed by atoms with Crippen molar-refractivity contribution < 1.29 is 4.74 Å². The summed E-state index contributed by atoms with van der Waals surface area (Å²) < 4.78 is 6.41. The highest BCUT2D eigenvalue weighted by atomic mass is 16.5. The number of rotatable bonds is 16. The van der Waals surface area contributed by atoms with E-state index in [-0.39, 0.29) is 0 Å². The van der Waals surface area contributed by atoms with E-state index in [1.165, 1.54) is 114 Å². The maximum Gasteiger partial charge on any atom is 0.0480 e. The Labute approximate surface area is 240 Å². The molecule has 4 rings (SSSR count). The smallest absolute Gasteiger partial charge is 0.0480 e. The van der Waals surface area contributed by atoms with Gasteiger partial charge in [0.1, 0.15) is 0 Å². The molecule has 2 saturated heterocycles. The molecule has 4 atom stereocenters. The van der Waals surface area contributed by atoms with Crippen molar-refractivity contribution in [2.45, 2.75) is 103 Å². The minimum Gasteiger partial charge on any atom is -0.381 e. The number of hydrogen-bond donors (Lipinski definition) is 0. The molecule has 0 radical (unpaired) electrons. The lowest BCUT2D eigenvalue weighted by Gasteiger charge is -2.38. The van der Waals surface area contributed by atoms with Crippen molar-refractivity contribution >= 4 is 0 Å². The van der Waals surface area contributed by atoms with Crippen LogP contribution in [0.15, 0.2) is 60.7 Å². The fraction of sp³-hybridized carbons (Fsp3) is 0.667. The van der Waals surface area contributed by atoms with E-state index in [0.717, 1.165) is 25.0 Å². The third-order valence-electron chi connectivity index (χ3n) is 9.29. The van der Waals surface area contributed by atoms with E-state index in [9.17, 15) is 0 Å². The first-order chi connectivity index (χ1) is 19.2. The minimum atomic E-state index is 0.668. The van der Waals surface area contributed by atoms with Gasteiger partial charge in [0.05, 0.1) is 0 Å². The Morgan fingerprint density at radius 1 is 0.641 bits per heavy atom. The molecule has 2 aliphatic heterocycles. The zero-order chi connectivity index (χ0) is 27.1. The van der Waals surface area contributed by atoms with Gasteiger partial charge in [-0.2, -0.15) is 0 Å². The molecule has 0 saturated carbocycles. The van der Waals surface area contributed by atoms with Crippen molar-refractivity contribution in [3.8, 4) is 0 Å². The van der Waals surface area contributed by atoms with Gasteiger partial charge in [-0.15, -0.1) is 0 Å². The van der Waals surface area contributed by atoms with E-state index < -0.39 is 0 Å². The lowest BCUT2D eigenvalue weighted by atomic mass is 9.95. The Kier molecular flexibility index (Phi) is 13.4. The number of aryl methyl sites for hydroxylation is 2. The first-order valence-corrected chi connectivity index (χ1v) is 16.3. The van der Waals surface area contributed by atoms with Gasteiger partial charge in [0, 0.05) is 38.4 Å². The van der Waals surface area contributed by atoms with Crippen LogP contribution < -0.4 is 0 Å². The van der Waals surface area contributed by atoms with Gasteiger partial charge in [0.25, 0.3) is 0 Å². The molecule has 2 fully saturated rings. The van der Waals surface area contributed by atoms with Crippen molar-refractivity contribution in [3.63, 3.8) is 0 Å². The van der Waals surface area contributed by atoms with Gasteiger partial charge in [-0.3, -0.25) is 0 Å². The molecular weight excluding hydrogens is 476 g/mol. The number of benzene rings is 2. The van der Waals surface area contributed by atoms with Crippen molar-refractivity contribution in [2.75, 3.05) is 39.4 Å². The normalized spacial score (nSPS) is 22.5. The van der Waals surface area contributed by atoms with E-state index in [1.54, 1.807) is 0 Å². The summed E-state index contributed by atoms with van der Waals surface area (Å²) in [5, 5.41) is 0. The van der Waals surface area contributed by atoms with E-state index in [2.05, 4.69) is 84.3 Å². The molecule has 0 spiro atoms. The summed E-state index contributed by atoms with van der Waals surface area (Å²) in [7, 11) is 0. The zero-order valence-electron chi connectivity index (χ0n) is 25.1. The first-order valence-electron chi connectivity index (χ1n) is 16.3. The largest absolute Gasteiger partial charge is 0.381 e. The molecule has 2 aliphatic rings. The maximum atomic E-state index is 6.41. The lowest BCUT2D eigenvalue weighted by molar-refractivity contribution is 0.0524. The zero-order valence-corrected chi connectivity index (χ0v) is 25.1. The van der Waals surface area contributed by atoms with Crippen LogP contribution in [0.2, 0.25) is 0 Å². The summed E-state index contributed by atoms with van der Waals surface area (Å²) in [6.07, 6.45) is 15.4. The third kappa shape index (κ3) is 11.0. The predicted octanol–water partition coefficient (Wildman–Crippen LogP) is 8.03. The van der Waals surface area contributed by atoms with Crippen LogP contribution in [0.4, 0.5) is 0 Å². The van der Waals surface area contributed by atoms with E-state index >= 15 is 0 Å². The summed E-state index contributed by atoms with van der Waals surface area (Å²) in [5.74, 6) is 1.67. The molecule has 2 heterocycles. The topological polar surface area (TPSA) is 15.7 Å². The second-order valence-corrected chi connectivity index (χ2v) is 12.7. The highest BCUT2D eigenvalue weighted by Crippen LogP contribution is 2.24. The molecular formula is C36H56N2O. The number of ether oxygens (including phenoxy) is 1. The summed E-state index contributed by atoms with van der Waals surface area (Å²) in [4.78, 5) is 5.59. The van der Waals surface area contributed by atoms with Crippen LogP contribution in [0.5, 0.6) is 0 Å². The van der Waals surface area contributed by atoms with Gasteiger partial charge in [0.15, 0.2) is 0 Å². The summed E-state index contributed by atoms with van der Waals surface area (Å²) in [6, 6.07) is 23.4. The van der Waals surface area contributed by atoms with E-state index in [1.807, 2.05) is 0 Å². The van der Waals surface area contributed by atoms with E-state index in [4.69, 9.17) is 4.74 Å². The predicted molar refractivity (Wildman–Crippen MR) is 166 cm³/mol. The van der Waals surface area contributed by atoms with Crippen LogP contribution in [0.1, 0.15) is 89.2 Å². The van der Waals surface area contributed by atoms with Crippen LogP contribution in [0, 0.1) is 11.8 Å². The van der Waals surface area contributed by atoms with Crippen LogP contribution in [0.3, 0.4) is 0 Å². The molecule has 3 nitrogen and oxygen atoms in total. The highest BCUT2D eigenvalue weighted by Gasteiger charge is 2.25. The molecule has 0 aliphatic carbocycles. The Balaban J connectivity index is 1.22. The Morgan fingerprint density at radius 2 is 1.08 bits per heavy atom. The molecule has 0 aromatic heterocycles. The number of hydrogen-bond acceptors (Lipinski definition) is 3. The fourth-order valence-corrected chi connectivity index (χ4v) is 7.05. The van der Waals surface area contributed by atoms with Gasteiger partial charge in [-0.05, 0) is 113 Å². The van der Waals surface area contributed by atoms with Crippen molar-refractivity contribution in [2.24, 2.45) is 11.8 Å². The van der Waals surface area contributed by atoms with Crippen molar-refractivity contribution in [1.29, 1.82) is 0 Å². The number of nitrogens with zero attached hydrogens (tertiary/aromatic N) is 2. The third-order valence-corrected chi connectivity index (χ3v) is 9.29. The molecule has 4 unspecified atom stereocenters. The molecule has 2 aromatic carbocycles. The quantitative estimate of drug-likeness (QED) is 0.204. The molecule has 0 bridgehead atoms. The molecule has 0 N–H and O–H groups in total. The Bertz CT molecular complexity index is 814. The Morgan fingerprint density at radius 3 is 1.49 bits per heavy atom. The van der Waals surface area contributed by atoms with Crippen molar-refractivity contribution in [3.05, 3.63) is 71.8 Å². The van der Waals surface area contributed by atoms with Gasteiger partial charge >= 0.3 is 0 Å². The maximum absolute atomic E-state index is 6.41. The van der Waals surface area contributed by atoms with Gasteiger partial charge < -0.3 is 14.5 Å². The van der Waals surface area contributed by atoms with Crippen LogP contribution >= 0.6 is 0 Å².